The highest BCUT2D eigenvalue weighted by Crippen LogP contribution is 2.31. The minimum Gasteiger partial charge on any atom is -0.481 e. The molecule has 0 aromatic rings. The summed E-state index contributed by atoms with van der Waals surface area (Å²) in [4.78, 5) is 27.6. The summed E-state index contributed by atoms with van der Waals surface area (Å²) in [5.74, 6) is -0.191. The quantitative estimate of drug-likeness (QED) is 0.846. The zero-order valence-corrected chi connectivity index (χ0v) is 12.6. The lowest BCUT2D eigenvalue weighted by Gasteiger charge is -2.41. The van der Waals surface area contributed by atoms with Crippen molar-refractivity contribution in [2.24, 2.45) is 11.3 Å². The predicted molar refractivity (Wildman–Crippen MR) is 76.5 cm³/mol. The Morgan fingerprint density at radius 2 is 1.95 bits per heavy atom. The predicted octanol–water partition coefficient (Wildman–Crippen LogP) is 2.42. The molecule has 0 aliphatic carbocycles. The number of nitrogens with zero attached hydrogens (tertiary/aromatic N) is 2. The highest BCUT2D eigenvalue weighted by Gasteiger charge is 2.40. The fourth-order valence-corrected chi connectivity index (χ4v) is 3.35. The summed E-state index contributed by atoms with van der Waals surface area (Å²) in [5.41, 5.74) is -0.784. The van der Waals surface area contributed by atoms with Gasteiger partial charge in [0.1, 0.15) is 0 Å². The molecule has 0 aromatic carbocycles. The van der Waals surface area contributed by atoms with Gasteiger partial charge in [-0.2, -0.15) is 0 Å². The van der Waals surface area contributed by atoms with Crippen LogP contribution in [-0.4, -0.2) is 53.1 Å². The van der Waals surface area contributed by atoms with Gasteiger partial charge in [-0.1, -0.05) is 13.3 Å². The maximum atomic E-state index is 12.6. The van der Waals surface area contributed by atoms with Gasteiger partial charge in [-0.25, -0.2) is 4.79 Å². The van der Waals surface area contributed by atoms with Crippen LogP contribution in [0.25, 0.3) is 0 Å². The van der Waals surface area contributed by atoms with E-state index in [1.807, 2.05) is 4.90 Å². The van der Waals surface area contributed by atoms with Crippen molar-refractivity contribution in [1.29, 1.82) is 0 Å². The third kappa shape index (κ3) is 3.07. The van der Waals surface area contributed by atoms with E-state index in [0.717, 1.165) is 32.4 Å². The van der Waals surface area contributed by atoms with Gasteiger partial charge in [0, 0.05) is 26.2 Å². The SMILES string of the molecule is CCC1CCCN(C(=O)N2CCCC(C)(C(=O)O)C2)C1. The molecular formula is C15H26N2O3. The van der Waals surface area contributed by atoms with E-state index in [9.17, 15) is 14.7 Å². The van der Waals surface area contributed by atoms with E-state index in [1.54, 1.807) is 11.8 Å². The molecule has 0 aromatic heterocycles. The van der Waals surface area contributed by atoms with Crippen LogP contribution in [0.4, 0.5) is 4.79 Å². The number of carboxylic acid groups (broad SMARTS) is 1. The molecule has 114 valence electrons. The van der Waals surface area contributed by atoms with Crippen molar-refractivity contribution in [2.75, 3.05) is 26.2 Å². The first-order chi connectivity index (χ1) is 9.46. The van der Waals surface area contributed by atoms with Gasteiger partial charge in [0.05, 0.1) is 5.41 Å². The van der Waals surface area contributed by atoms with Gasteiger partial charge in [0.2, 0.25) is 0 Å². The minimum absolute atomic E-state index is 0.0373. The molecule has 20 heavy (non-hydrogen) atoms. The van der Waals surface area contributed by atoms with Crippen LogP contribution in [0.3, 0.4) is 0 Å². The maximum absolute atomic E-state index is 12.6. The zero-order valence-electron chi connectivity index (χ0n) is 12.6. The van der Waals surface area contributed by atoms with Crippen LogP contribution in [0, 0.1) is 11.3 Å². The topological polar surface area (TPSA) is 60.9 Å². The lowest BCUT2D eigenvalue weighted by Crippen LogP contribution is -2.54. The maximum Gasteiger partial charge on any atom is 0.320 e. The lowest BCUT2D eigenvalue weighted by molar-refractivity contribution is -0.150. The molecule has 0 saturated carbocycles. The van der Waals surface area contributed by atoms with E-state index in [4.69, 9.17) is 0 Å². The number of amides is 2. The summed E-state index contributed by atoms with van der Waals surface area (Å²) < 4.78 is 0. The first-order valence-corrected chi connectivity index (χ1v) is 7.73. The molecule has 0 bridgehead atoms. The van der Waals surface area contributed by atoms with E-state index in [-0.39, 0.29) is 6.03 Å². The molecule has 2 fully saturated rings. The molecule has 1 N–H and O–H groups in total. The van der Waals surface area contributed by atoms with Crippen LogP contribution in [0.15, 0.2) is 0 Å². The Kier molecular flexibility index (Phi) is 4.55. The summed E-state index contributed by atoms with van der Waals surface area (Å²) in [7, 11) is 0. The van der Waals surface area contributed by atoms with Gasteiger partial charge in [-0.3, -0.25) is 4.79 Å². The van der Waals surface area contributed by atoms with E-state index in [0.29, 0.717) is 25.4 Å². The van der Waals surface area contributed by atoms with Crippen molar-refractivity contribution in [1.82, 2.24) is 9.80 Å². The number of carbonyl (C=O) groups excluding carboxylic acids is 1. The summed E-state index contributed by atoms with van der Waals surface area (Å²) in [6, 6.07) is 0.0373. The van der Waals surface area contributed by atoms with Gasteiger partial charge in [-0.15, -0.1) is 0 Å². The number of urea groups is 1. The smallest absolute Gasteiger partial charge is 0.320 e. The van der Waals surface area contributed by atoms with Crippen molar-refractivity contribution in [3.05, 3.63) is 0 Å². The van der Waals surface area contributed by atoms with Crippen LogP contribution in [-0.2, 0) is 4.79 Å². The summed E-state index contributed by atoms with van der Waals surface area (Å²) in [6.45, 7) is 6.59. The highest BCUT2D eigenvalue weighted by molar-refractivity contribution is 5.78. The Balaban J connectivity index is 2.00. The van der Waals surface area contributed by atoms with Crippen LogP contribution in [0.1, 0.15) is 46.0 Å². The zero-order chi connectivity index (χ0) is 14.8. The molecule has 5 nitrogen and oxygen atoms in total. The van der Waals surface area contributed by atoms with Gasteiger partial charge in [0.25, 0.3) is 0 Å². The monoisotopic (exact) mass is 282 g/mol. The second-order valence-electron chi connectivity index (χ2n) is 6.54. The van der Waals surface area contributed by atoms with E-state index in [2.05, 4.69) is 6.92 Å². The van der Waals surface area contributed by atoms with E-state index >= 15 is 0 Å². The minimum atomic E-state index is -0.792. The van der Waals surface area contributed by atoms with Gasteiger partial charge < -0.3 is 14.9 Å². The summed E-state index contributed by atoms with van der Waals surface area (Å²) in [6.07, 6.45) is 4.81. The average molecular weight is 282 g/mol. The molecular weight excluding hydrogens is 256 g/mol. The van der Waals surface area contributed by atoms with Crippen LogP contribution in [0.2, 0.25) is 0 Å². The second kappa shape index (κ2) is 6.02. The van der Waals surface area contributed by atoms with Crippen LogP contribution >= 0.6 is 0 Å². The molecule has 0 radical (unpaired) electrons. The number of aliphatic carboxylic acids is 1. The third-order valence-corrected chi connectivity index (χ3v) is 4.85. The van der Waals surface area contributed by atoms with Crippen molar-refractivity contribution < 1.29 is 14.7 Å². The summed E-state index contributed by atoms with van der Waals surface area (Å²) >= 11 is 0. The molecule has 2 aliphatic rings. The van der Waals surface area contributed by atoms with Gasteiger partial charge >= 0.3 is 12.0 Å². The lowest BCUT2D eigenvalue weighted by atomic mass is 9.82. The fourth-order valence-electron chi connectivity index (χ4n) is 3.35. The molecule has 0 spiro atoms. The fraction of sp³-hybridized carbons (Fsp3) is 0.867. The Morgan fingerprint density at radius 3 is 2.60 bits per heavy atom. The first kappa shape index (κ1) is 15.1. The third-order valence-electron chi connectivity index (χ3n) is 4.85. The second-order valence-corrected chi connectivity index (χ2v) is 6.54. The molecule has 2 atom stereocenters. The number of likely N-dealkylation sites (tertiary alicyclic amines) is 2. The highest BCUT2D eigenvalue weighted by atomic mass is 16.4. The molecule has 2 rings (SSSR count). The van der Waals surface area contributed by atoms with Crippen molar-refractivity contribution >= 4 is 12.0 Å². The van der Waals surface area contributed by atoms with E-state index < -0.39 is 11.4 Å². The Labute approximate surface area is 120 Å². The summed E-state index contributed by atoms with van der Waals surface area (Å²) in [5, 5.41) is 9.34. The number of piperidine rings is 2. The number of hydrogen-bond acceptors (Lipinski definition) is 2. The largest absolute Gasteiger partial charge is 0.481 e. The molecule has 2 aliphatic heterocycles. The molecule has 2 amide bonds. The van der Waals surface area contributed by atoms with Crippen molar-refractivity contribution in [2.45, 2.75) is 46.0 Å². The number of rotatable bonds is 2. The van der Waals surface area contributed by atoms with Crippen molar-refractivity contribution in [3.8, 4) is 0 Å². The van der Waals surface area contributed by atoms with Crippen LogP contribution in [0.5, 0.6) is 0 Å². The van der Waals surface area contributed by atoms with Crippen LogP contribution < -0.4 is 0 Å². The van der Waals surface area contributed by atoms with Crippen molar-refractivity contribution in [3.63, 3.8) is 0 Å². The normalized spacial score (nSPS) is 31.2. The molecule has 2 saturated heterocycles. The number of carbonyl (C=O) groups is 2. The van der Waals surface area contributed by atoms with E-state index in [1.165, 1.54) is 6.42 Å². The Morgan fingerprint density at radius 1 is 1.25 bits per heavy atom. The number of hydrogen-bond donors (Lipinski definition) is 1. The standard InChI is InChI=1S/C15H26N2O3/c1-3-12-6-4-8-16(10-12)14(20)17-9-5-7-15(2,11-17)13(18)19/h12H,3-11H2,1-2H3,(H,18,19). The first-order valence-electron chi connectivity index (χ1n) is 7.73. The number of carboxylic acids is 1. The Bertz CT molecular complexity index is 385. The van der Waals surface area contributed by atoms with Gasteiger partial charge in [0.15, 0.2) is 0 Å². The average Bonchev–Trinajstić information content (AvgIpc) is 2.46. The molecule has 2 heterocycles. The molecule has 5 heteroatoms. The van der Waals surface area contributed by atoms with Gasteiger partial charge in [-0.05, 0) is 38.5 Å². The molecule has 2 unspecified atom stereocenters. The Hall–Kier alpha value is -1.26.